The molecule has 0 aliphatic carbocycles. The summed E-state index contributed by atoms with van der Waals surface area (Å²) in [5, 5.41) is 31.5. The highest BCUT2D eigenvalue weighted by atomic mass is 16.4. The third-order valence-corrected chi connectivity index (χ3v) is 3.97. The van der Waals surface area contributed by atoms with Gasteiger partial charge in [0.1, 0.15) is 37.5 Å². The zero-order valence-electron chi connectivity index (χ0n) is 16.2. The van der Waals surface area contributed by atoms with Crippen molar-refractivity contribution in [2.75, 3.05) is 25.5 Å². The van der Waals surface area contributed by atoms with Crippen LogP contribution in [0.1, 0.15) is 6.42 Å². The van der Waals surface area contributed by atoms with E-state index in [4.69, 9.17) is 15.3 Å². The van der Waals surface area contributed by atoms with E-state index < -0.39 is 61.8 Å². The predicted octanol–water partition coefficient (Wildman–Crippen LogP) is -2.17. The van der Waals surface area contributed by atoms with E-state index in [1.54, 1.807) is 7.05 Å². The fourth-order valence-corrected chi connectivity index (χ4v) is 2.61. The smallest absolute Gasteiger partial charge is 0.326 e. The van der Waals surface area contributed by atoms with Gasteiger partial charge in [0.15, 0.2) is 11.5 Å². The second kappa shape index (κ2) is 9.95. The average molecular weight is 437 g/mol. The van der Waals surface area contributed by atoms with Crippen LogP contribution in [-0.4, -0.2) is 95.6 Å². The van der Waals surface area contributed by atoms with Gasteiger partial charge in [-0.05, 0) is 0 Å². The van der Waals surface area contributed by atoms with Crippen LogP contribution in [0.4, 0.5) is 5.82 Å². The second-order valence-corrected chi connectivity index (χ2v) is 6.22. The summed E-state index contributed by atoms with van der Waals surface area (Å²) in [6.07, 6.45) is 1.65. The maximum absolute atomic E-state index is 12.6. The number of amides is 2. The van der Waals surface area contributed by atoms with Crippen molar-refractivity contribution in [3.05, 3.63) is 12.7 Å². The van der Waals surface area contributed by atoms with Crippen molar-refractivity contribution in [1.82, 2.24) is 29.7 Å². The van der Waals surface area contributed by atoms with Gasteiger partial charge in [0, 0.05) is 7.05 Å². The minimum atomic E-state index is -1.74. The van der Waals surface area contributed by atoms with Crippen molar-refractivity contribution in [3.63, 3.8) is 0 Å². The summed E-state index contributed by atoms with van der Waals surface area (Å²) in [6.45, 7) is -2.04. The molecule has 166 valence electrons. The monoisotopic (exact) mass is 437 g/mol. The topological polar surface area (TPSA) is 217 Å². The van der Waals surface area contributed by atoms with Crippen molar-refractivity contribution in [3.8, 4) is 0 Å². The molecule has 0 aliphatic rings. The molecule has 0 aliphatic heterocycles. The summed E-state index contributed by atoms with van der Waals surface area (Å²) in [5.74, 6) is -5.85. The molecule has 5 N–H and O–H groups in total. The lowest BCUT2D eigenvalue weighted by Crippen LogP contribution is -2.49. The van der Waals surface area contributed by atoms with Gasteiger partial charge in [0.2, 0.25) is 11.8 Å². The maximum atomic E-state index is 12.6. The molecule has 0 spiro atoms. The van der Waals surface area contributed by atoms with Gasteiger partial charge in [-0.15, -0.1) is 0 Å². The van der Waals surface area contributed by atoms with Gasteiger partial charge in [-0.25, -0.2) is 19.7 Å². The average Bonchev–Trinajstić information content (AvgIpc) is 3.09. The predicted molar refractivity (Wildman–Crippen MR) is 101 cm³/mol. The molecular weight excluding hydrogens is 418 g/mol. The third kappa shape index (κ3) is 6.09. The first-order valence-corrected chi connectivity index (χ1v) is 8.69. The number of aromatic nitrogens is 4. The lowest BCUT2D eigenvalue weighted by atomic mass is 10.2. The number of nitrogens with zero attached hydrogens (tertiary/aromatic N) is 5. The molecule has 0 bridgehead atoms. The van der Waals surface area contributed by atoms with Crippen LogP contribution in [0.15, 0.2) is 12.7 Å². The quantitative estimate of drug-likeness (QED) is 0.254. The fourth-order valence-electron chi connectivity index (χ4n) is 2.61. The Balaban J connectivity index is 2.15. The number of carboxylic acid groups (broad SMARTS) is 3. The standard InChI is InChI=1S/C16H19N7O8/c1-17-14-13-15(19-6-18-14)23(7-20-13)4-10(25)22(5-12(28)29)3-9(24)21-8(16(30)31)2-11(26)27/h6-8H,2-5H2,1H3,(H,21,24)(H,26,27)(H,28,29)(H,30,31)(H,17,18,19)/t8-/m0/s1. The van der Waals surface area contributed by atoms with Crippen LogP contribution in [0.3, 0.4) is 0 Å². The van der Waals surface area contributed by atoms with Gasteiger partial charge in [-0.1, -0.05) is 0 Å². The molecule has 1 atom stereocenters. The van der Waals surface area contributed by atoms with E-state index in [0.29, 0.717) is 21.9 Å². The number of nitrogens with one attached hydrogen (secondary N) is 2. The van der Waals surface area contributed by atoms with Crippen molar-refractivity contribution >= 4 is 46.7 Å². The number of carboxylic acids is 3. The van der Waals surface area contributed by atoms with Crippen LogP contribution in [-0.2, 0) is 30.5 Å². The lowest BCUT2D eigenvalue weighted by molar-refractivity contribution is -0.149. The molecule has 2 aromatic rings. The van der Waals surface area contributed by atoms with Crippen LogP contribution < -0.4 is 10.6 Å². The molecule has 0 saturated heterocycles. The molecule has 15 nitrogen and oxygen atoms in total. The summed E-state index contributed by atoms with van der Waals surface area (Å²) >= 11 is 0. The molecule has 2 rings (SSSR count). The van der Waals surface area contributed by atoms with Crippen molar-refractivity contribution < 1.29 is 39.3 Å². The SMILES string of the molecule is CNc1ncnc2c1ncn2CC(=O)N(CC(=O)O)CC(=O)N[C@@H](CC(=O)O)C(=O)O. The number of imidazole rings is 1. The van der Waals surface area contributed by atoms with Crippen molar-refractivity contribution in [2.24, 2.45) is 0 Å². The summed E-state index contributed by atoms with van der Waals surface area (Å²) in [6, 6.07) is -1.74. The Morgan fingerprint density at radius 1 is 1.06 bits per heavy atom. The minimum absolute atomic E-state index is 0.292. The van der Waals surface area contributed by atoms with E-state index in [9.17, 15) is 24.0 Å². The Morgan fingerprint density at radius 3 is 2.35 bits per heavy atom. The summed E-state index contributed by atoms with van der Waals surface area (Å²) in [4.78, 5) is 70.5. The maximum Gasteiger partial charge on any atom is 0.326 e. The van der Waals surface area contributed by atoms with E-state index in [1.165, 1.54) is 17.2 Å². The van der Waals surface area contributed by atoms with Crippen molar-refractivity contribution in [2.45, 2.75) is 19.0 Å². The highest BCUT2D eigenvalue weighted by Gasteiger charge is 2.26. The zero-order valence-corrected chi connectivity index (χ0v) is 16.2. The number of carbonyl (C=O) groups is 5. The molecule has 0 fully saturated rings. The second-order valence-electron chi connectivity index (χ2n) is 6.22. The lowest BCUT2D eigenvalue weighted by Gasteiger charge is -2.21. The first kappa shape index (κ1) is 23.0. The molecule has 0 aromatic carbocycles. The Labute approximate surface area is 173 Å². The highest BCUT2D eigenvalue weighted by Crippen LogP contribution is 2.16. The number of hydrogen-bond donors (Lipinski definition) is 5. The first-order chi connectivity index (χ1) is 14.6. The Morgan fingerprint density at radius 2 is 1.77 bits per heavy atom. The number of carbonyl (C=O) groups excluding carboxylic acids is 2. The number of anilines is 1. The van der Waals surface area contributed by atoms with E-state index >= 15 is 0 Å². The Bertz CT molecular complexity index is 1020. The number of rotatable bonds is 11. The number of aliphatic carboxylic acids is 3. The van der Waals surface area contributed by atoms with Gasteiger partial charge in [0.25, 0.3) is 0 Å². The normalized spacial score (nSPS) is 11.5. The number of hydrogen-bond acceptors (Lipinski definition) is 9. The Hall–Kier alpha value is -4.30. The molecule has 31 heavy (non-hydrogen) atoms. The summed E-state index contributed by atoms with van der Waals surface area (Å²) < 4.78 is 1.33. The summed E-state index contributed by atoms with van der Waals surface area (Å²) in [7, 11) is 1.62. The van der Waals surface area contributed by atoms with Crippen LogP contribution in [0.5, 0.6) is 0 Å². The zero-order chi connectivity index (χ0) is 23.1. The minimum Gasteiger partial charge on any atom is -0.481 e. The third-order valence-electron chi connectivity index (χ3n) is 3.97. The van der Waals surface area contributed by atoms with Crippen LogP contribution in [0, 0.1) is 0 Å². The van der Waals surface area contributed by atoms with Crippen molar-refractivity contribution in [1.29, 1.82) is 0 Å². The van der Waals surface area contributed by atoms with Gasteiger partial charge in [-0.2, -0.15) is 0 Å². The largest absolute Gasteiger partial charge is 0.481 e. The molecule has 0 saturated carbocycles. The fraction of sp³-hybridized carbons (Fsp3) is 0.375. The Kier molecular flexibility index (Phi) is 7.38. The van der Waals surface area contributed by atoms with E-state index in [1.807, 2.05) is 5.32 Å². The molecule has 2 amide bonds. The molecule has 2 heterocycles. The van der Waals surface area contributed by atoms with Crippen LogP contribution in [0.2, 0.25) is 0 Å². The summed E-state index contributed by atoms with van der Waals surface area (Å²) in [5.41, 5.74) is 0.665. The highest BCUT2D eigenvalue weighted by molar-refractivity contribution is 5.91. The van der Waals surface area contributed by atoms with Gasteiger partial charge >= 0.3 is 17.9 Å². The van der Waals surface area contributed by atoms with E-state index in [-0.39, 0.29) is 0 Å². The van der Waals surface area contributed by atoms with E-state index in [2.05, 4.69) is 20.3 Å². The molecular formula is C16H19N7O8. The molecule has 2 aromatic heterocycles. The van der Waals surface area contributed by atoms with Gasteiger partial charge in [0.05, 0.1) is 12.7 Å². The molecule has 15 heteroatoms. The van der Waals surface area contributed by atoms with Crippen LogP contribution >= 0.6 is 0 Å². The molecule has 0 unspecified atom stereocenters. The number of fused-ring (bicyclic) bond motifs is 1. The molecule has 0 radical (unpaired) electrons. The van der Waals surface area contributed by atoms with Gasteiger partial charge in [-0.3, -0.25) is 19.2 Å². The van der Waals surface area contributed by atoms with Crippen LogP contribution in [0.25, 0.3) is 11.2 Å². The van der Waals surface area contributed by atoms with E-state index in [0.717, 1.165) is 0 Å². The van der Waals surface area contributed by atoms with Gasteiger partial charge < -0.3 is 35.4 Å². The first-order valence-electron chi connectivity index (χ1n) is 8.69.